The number of nitrogens with zero attached hydrogens (tertiary/aromatic N) is 4. The molecule has 32 heavy (non-hydrogen) atoms. The van der Waals surface area contributed by atoms with E-state index in [2.05, 4.69) is 28.0 Å². The fourth-order valence-corrected chi connectivity index (χ4v) is 4.45. The molecule has 0 radical (unpaired) electrons. The lowest BCUT2D eigenvalue weighted by Crippen LogP contribution is -2.54. The molecule has 2 aliphatic rings. The van der Waals surface area contributed by atoms with E-state index in [9.17, 15) is 0 Å². The van der Waals surface area contributed by atoms with Gasteiger partial charge in [-0.05, 0) is 43.0 Å². The Hall–Kier alpha value is -3.30. The van der Waals surface area contributed by atoms with E-state index in [0.29, 0.717) is 42.1 Å². The Bertz CT molecular complexity index is 1220. The number of rotatable bonds is 5. The van der Waals surface area contributed by atoms with Crippen molar-refractivity contribution in [2.24, 2.45) is 22.4 Å². The van der Waals surface area contributed by atoms with Gasteiger partial charge < -0.3 is 26.7 Å². The Morgan fingerprint density at radius 2 is 2.03 bits per heavy atom. The van der Waals surface area contributed by atoms with Crippen LogP contribution in [0.25, 0.3) is 10.9 Å². The van der Waals surface area contributed by atoms with Crippen LogP contribution in [-0.2, 0) is 10.3 Å². The number of amidine groups is 1. The first-order valence-corrected chi connectivity index (χ1v) is 10.7. The second kappa shape index (κ2) is 7.68. The number of aliphatic imine (C=N–C) groups is 1. The second-order valence-corrected chi connectivity index (χ2v) is 8.74. The number of aromatic nitrogens is 3. The van der Waals surface area contributed by atoms with E-state index >= 15 is 0 Å². The molecule has 3 heterocycles. The zero-order chi connectivity index (χ0) is 22.5. The third-order valence-electron chi connectivity index (χ3n) is 6.50. The lowest BCUT2D eigenvalue weighted by Gasteiger charge is -2.39. The maximum atomic E-state index is 6.37. The zero-order valence-electron chi connectivity index (χ0n) is 18.2. The number of anilines is 1. The van der Waals surface area contributed by atoms with Crippen molar-refractivity contribution >= 4 is 28.5 Å². The lowest BCUT2D eigenvalue weighted by molar-refractivity contribution is -0.0571. The lowest BCUT2D eigenvalue weighted by atomic mass is 9.71. The van der Waals surface area contributed by atoms with Crippen molar-refractivity contribution in [2.45, 2.75) is 31.2 Å². The summed E-state index contributed by atoms with van der Waals surface area (Å²) in [4.78, 5) is 17.9. The van der Waals surface area contributed by atoms with Crippen molar-refractivity contribution in [2.75, 3.05) is 26.1 Å². The van der Waals surface area contributed by atoms with Crippen LogP contribution >= 0.6 is 0 Å². The highest BCUT2D eigenvalue weighted by atomic mass is 16.5. The van der Waals surface area contributed by atoms with Crippen LogP contribution in [0.3, 0.4) is 0 Å². The summed E-state index contributed by atoms with van der Waals surface area (Å²) in [5, 5.41) is 0.751. The summed E-state index contributed by atoms with van der Waals surface area (Å²) < 4.78 is 10.7. The molecule has 9 heteroatoms. The van der Waals surface area contributed by atoms with Gasteiger partial charge in [-0.3, -0.25) is 4.98 Å². The summed E-state index contributed by atoms with van der Waals surface area (Å²) in [7, 11) is 1.59. The van der Waals surface area contributed by atoms with Crippen LogP contribution in [0.1, 0.15) is 35.6 Å². The van der Waals surface area contributed by atoms with Crippen LogP contribution in [0, 0.1) is 12.8 Å². The third kappa shape index (κ3) is 3.43. The smallest absolute Gasteiger partial charge is 0.222 e. The molecule has 0 bridgehead atoms. The molecule has 1 saturated heterocycles. The Labute approximate surface area is 186 Å². The second-order valence-electron chi connectivity index (χ2n) is 8.74. The van der Waals surface area contributed by atoms with Crippen molar-refractivity contribution in [3.05, 3.63) is 47.3 Å². The van der Waals surface area contributed by atoms with Crippen molar-refractivity contribution in [1.29, 1.82) is 0 Å². The van der Waals surface area contributed by atoms with Gasteiger partial charge in [0.2, 0.25) is 5.95 Å². The highest BCUT2D eigenvalue weighted by molar-refractivity contribution is 5.96. The number of ether oxygens (including phenoxy) is 2. The van der Waals surface area contributed by atoms with E-state index in [-0.39, 0.29) is 11.9 Å². The average molecular weight is 434 g/mol. The normalized spacial score (nSPS) is 22.3. The molecular formula is C23H27N7O2. The van der Waals surface area contributed by atoms with Gasteiger partial charge >= 0.3 is 0 Å². The van der Waals surface area contributed by atoms with Crippen LogP contribution < -0.4 is 21.9 Å². The average Bonchev–Trinajstić information content (AvgIpc) is 2.71. The SMILES string of the molecule is COc1cccc2c(N=C(N)C3CC(c4ncc(C5(N)COC5)cc4C)C3)nc(N)nc12. The van der Waals surface area contributed by atoms with E-state index < -0.39 is 5.54 Å². The Morgan fingerprint density at radius 3 is 2.69 bits per heavy atom. The maximum Gasteiger partial charge on any atom is 0.222 e. The number of hydrogen-bond donors (Lipinski definition) is 3. The minimum absolute atomic E-state index is 0.134. The standard InChI is InChI=1S/C23H27N7O2/c1-12-6-15(23(26)10-32-11-23)9-27-18(12)13-7-14(8-13)20(24)29-21-16-4-3-5-17(31-2)19(16)28-22(25)30-21/h3-6,9,13-14H,7-8,10-11,26H2,1-2H3,(H4,24,25,28,29,30). The predicted molar refractivity (Wildman–Crippen MR) is 123 cm³/mol. The van der Waals surface area contributed by atoms with E-state index in [1.54, 1.807) is 7.11 Å². The fraction of sp³-hybridized carbons (Fsp3) is 0.391. The van der Waals surface area contributed by atoms with Crippen LogP contribution in [-0.4, -0.2) is 41.1 Å². The molecule has 1 aliphatic heterocycles. The van der Waals surface area contributed by atoms with Crippen molar-refractivity contribution in [1.82, 2.24) is 15.0 Å². The number of hydrogen-bond acceptors (Lipinski definition) is 8. The first kappa shape index (κ1) is 20.6. The van der Waals surface area contributed by atoms with Gasteiger partial charge in [0.25, 0.3) is 0 Å². The number of nitrogen functional groups attached to an aromatic ring is 1. The van der Waals surface area contributed by atoms with Crippen LogP contribution in [0.15, 0.2) is 35.5 Å². The molecule has 0 unspecified atom stereocenters. The topological polar surface area (TPSA) is 148 Å². The molecule has 2 aromatic heterocycles. The maximum absolute atomic E-state index is 6.37. The molecule has 1 aromatic carbocycles. The van der Waals surface area contributed by atoms with Gasteiger partial charge in [-0.25, -0.2) is 9.98 Å². The van der Waals surface area contributed by atoms with Gasteiger partial charge in [-0.1, -0.05) is 12.1 Å². The first-order chi connectivity index (χ1) is 15.4. The summed E-state index contributed by atoms with van der Waals surface area (Å²) in [6.45, 7) is 3.17. The number of para-hydroxylation sites is 1. The van der Waals surface area contributed by atoms with Crippen LogP contribution in [0.4, 0.5) is 11.8 Å². The van der Waals surface area contributed by atoms with Crippen molar-refractivity contribution < 1.29 is 9.47 Å². The number of pyridine rings is 1. The minimum atomic E-state index is -0.402. The number of nitrogens with two attached hydrogens (primary N) is 3. The zero-order valence-corrected chi connectivity index (χ0v) is 18.2. The molecule has 5 rings (SSSR count). The fourth-order valence-electron chi connectivity index (χ4n) is 4.45. The number of methoxy groups -OCH3 is 1. The molecule has 3 aromatic rings. The molecule has 0 spiro atoms. The van der Waals surface area contributed by atoms with Gasteiger partial charge in [0.1, 0.15) is 17.1 Å². The van der Waals surface area contributed by atoms with E-state index in [4.69, 9.17) is 31.7 Å². The Morgan fingerprint density at radius 1 is 1.25 bits per heavy atom. The summed E-state index contributed by atoms with van der Waals surface area (Å²) in [6.07, 6.45) is 3.67. The Kier molecular flexibility index (Phi) is 4.94. The molecule has 2 fully saturated rings. The van der Waals surface area contributed by atoms with Gasteiger partial charge in [0.05, 0.1) is 25.9 Å². The predicted octanol–water partition coefficient (Wildman–Crippen LogP) is 2.29. The first-order valence-electron chi connectivity index (χ1n) is 10.7. The largest absolute Gasteiger partial charge is 0.494 e. The molecule has 0 amide bonds. The molecule has 9 nitrogen and oxygen atoms in total. The highest BCUT2D eigenvalue weighted by Gasteiger charge is 2.38. The number of aryl methyl sites for hydroxylation is 1. The van der Waals surface area contributed by atoms with Gasteiger partial charge in [-0.15, -0.1) is 0 Å². The molecule has 0 atom stereocenters. The Balaban J connectivity index is 1.34. The molecular weight excluding hydrogens is 406 g/mol. The van der Waals surface area contributed by atoms with E-state index in [0.717, 1.165) is 35.0 Å². The highest BCUT2D eigenvalue weighted by Crippen LogP contribution is 2.43. The number of benzene rings is 1. The minimum Gasteiger partial charge on any atom is -0.494 e. The third-order valence-corrected chi connectivity index (χ3v) is 6.50. The van der Waals surface area contributed by atoms with Gasteiger partial charge in [0.15, 0.2) is 5.82 Å². The monoisotopic (exact) mass is 433 g/mol. The molecule has 1 saturated carbocycles. The number of fused-ring (bicyclic) bond motifs is 1. The van der Waals surface area contributed by atoms with Gasteiger partial charge in [0, 0.05) is 29.1 Å². The van der Waals surface area contributed by atoms with E-state index in [1.807, 2.05) is 24.4 Å². The van der Waals surface area contributed by atoms with Gasteiger partial charge in [-0.2, -0.15) is 4.98 Å². The molecule has 6 N–H and O–H groups in total. The summed E-state index contributed by atoms with van der Waals surface area (Å²) in [6, 6.07) is 7.72. The van der Waals surface area contributed by atoms with Crippen LogP contribution in [0.5, 0.6) is 5.75 Å². The summed E-state index contributed by atoms with van der Waals surface area (Å²) >= 11 is 0. The summed E-state index contributed by atoms with van der Waals surface area (Å²) in [5.74, 6) is 2.27. The quantitative estimate of drug-likeness (QED) is 0.410. The van der Waals surface area contributed by atoms with Crippen LogP contribution in [0.2, 0.25) is 0 Å². The van der Waals surface area contributed by atoms with Crippen molar-refractivity contribution in [3.8, 4) is 5.75 Å². The molecule has 1 aliphatic carbocycles. The van der Waals surface area contributed by atoms with E-state index in [1.165, 1.54) is 0 Å². The summed E-state index contributed by atoms with van der Waals surface area (Å²) in [5.41, 5.74) is 22.1. The molecule has 166 valence electrons. The van der Waals surface area contributed by atoms with Crippen molar-refractivity contribution in [3.63, 3.8) is 0 Å².